The topological polar surface area (TPSA) is 90.5 Å². The number of amides is 2. The standard InChI is InChI=1S/C23H35N3O2.C5H9NO/c1-23(2,3)17-10-12-19(13-11-17)26(4)21(16-14-20(27)24-15-16)22(28)25-18-8-6-5-7-9-18;7-4-5-2-1-3-6-5/h10-13,16,18,21H,5-9,14-15H2,1-4H3,(H,24,27)(H,25,28);4-6H,1-3H2. The van der Waals surface area contributed by atoms with Crippen LogP contribution in [0.5, 0.6) is 0 Å². The second kappa shape index (κ2) is 12.5. The summed E-state index contributed by atoms with van der Waals surface area (Å²) in [5.74, 6) is 0.0797. The van der Waals surface area contributed by atoms with E-state index in [9.17, 15) is 14.4 Å². The van der Waals surface area contributed by atoms with Crippen LogP contribution in [0.1, 0.15) is 77.7 Å². The summed E-state index contributed by atoms with van der Waals surface area (Å²) < 4.78 is 0. The fourth-order valence-electron chi connectivity index (χ4n) is 5.28. The van der Waals surface area contributed by atoms with Crippen LogP contribution in [0.3, 0.4) is 0 Å². The summed E-state index contributed by atoms with van der Waals surface area (Å²) in [6, 6.07) is 8.55. The SMILES string of the molecule is CN(c1ccc(C(C)(C)C)cc1)C(C(=O)NC1CCCCC1)C1CNC(=O)C1.O=CC1CCCN1. The Labute approximate surface area is 210 Å². The summed E-state index contributed by atoms with van der Waals surface area (Å²) in [6.07, 6.45) is 9.32. The van der Waals surface area contributed by atoms with Gasteiger partial charge in [0.05, 0.1) is 6.04 Å². The number of carbonyl (C=O) groups excluding carboxylic acids is 3. The molecule has 3 atom stereocenters. The Kier molecular flexibility index (Phi) is 9.72. The van der Waals surface area contributed by atoms with Crippen molar-refractivity contribution in [1.29, 1.82) is 0 Å². The lowest BCUT2D eigenvalue weighted by atomic mass is 9.87. The van der Waals surface area contributed by atoms with Crippen molar-refractivity contribution in [3.05, 3.63) is 29.8 Å². The fraction of sp³-hybridized carbons (Fsp3) is 0.679. The molecule has 3 fully saturated rings. The molecular formula is C28H44N4O3. The molecule has 1 aromatic carbocycles. The molecule has 3 unspecified atom stereocenters. The largest absolute Gasteiger partial charge is 0.362 e. The number of hydrogen-bond donors (Lipinski definition) is 3. The van der Waals surface area contributed by atoms with E-state index in [1.54, 1.807) is 0 Å². The van der Waals surface area contributed by atoms with E-state index in [4.69, 9.17) is 0 Å². The number of nitrogens with one attached hydrogen (secondary N) is 3. The highest BCUT2D eigenvalue weighted by Crippen LogP contribution is 2.28. The molecule has 3 N–H and O–H groups in total. The van der Waals surface area contributed by atoms with Crippen LogP contribution in [0.25, 0.3) is 0 Å². The van der Waals surface area contributed by atoms with Gasteiger partial charge in [-0.25, -0.2) is 0 Å². The number of benzene rings is 1. The van der Waals surface area contributed by atoms with Gasteiger partial charge in [-0.15, -0.1) is 0 Å². The Balaban J connectivity index is 0.000000420. The van der Waals surface area contributed by atoms with Crippen molar-refractivity contribution in [2.24, 2.45) is 5.92 Å². The van der Waals surface area contributed by atoms with E-state index >= 15 is 0 Å². The van der Waals surface area contributed by atoms with Crippen LogP contribution in [0.4, 0.5) is 5.69 Å². The van der Waals surface area contributed by atoms with Gasteiger partial charge in [-0.1, -0.05) is 52.2 Å². The van der Waals surface area contributed by atoms with Crippen LogP contribution in [0.2, 0.25) is 0 Å². The van der Waals surface area contributed by atoms with Crippen molar-refractivity contribution in [3.8, 4) is 0 Å². The Morgan fingerprint density at radius 1 is 1.09 bits per heavy atom. The number of aldehydes is 1. The van der Waals surface area contributed by atoms with E-state index in [0.717, 1.165) is 44.2 Å². The Bertz CT molecular complexity index is 837. The van der Waals surface area contributed by atoms with Crippen molar-refractivity contribution in [2.45, 2.75) is 95.7 Å². The second-order valence-electron chi connectivity index (χ2n) is 11.3. The lowest BCUT2D eigenvalue weighted by Gasteiger charge is -2.35. The number of nitrogens with zero attached hydrogens (tertiary/aromatic N) is 1. The Morgan fingerprint density at radius 2 is 1.77 bits per heavy atom. The predicted molar refractivity (Wildman–Crippen MR) is 141 cm³/mol. The highest BCUT2D eigenvalue weighted by atomic mass is 16.2. The third-order valence-corrected chi connectivity index (χ3v) is 7.50. The molecule has 0 spiro atoms. The molecule has 0 bridgehead atoms. The molecule has 2 saturated heterocycles. The molecule has 7 nitrogen and oxygen atoms in total. The summed E-state index contributed by atoms with van der Waals surface area (Å²) in [5.41, 5.74) is 2.37. The van der Waals surface area contributed by atoms with Gasteiger partial charge in [-0.05, 0) is 55.3 Å². The molecule has 2 amide bonds. The monoisotopic (exact) mass is 484 g/mol. The lowest BCUT2D eigenvalue weighted by Crippen LogP contribution is -2.53. The second-order valence-corrected chi connectivity index (χ2v) is 11.3. The van der Waals surface area contributed by atoms with E-state index in [2.05, 4.69) is 65.9 Å². The third kappa shape index (κ3) is 7.79. The van der Waals surface area contributed by atoms with Crippen LogP contribution in [0, 0.1) is 5.92 Å². The van der Waals surface area contributed by atoms with E-state index < -0.39 is 0 Å². The molecule has 0 aromatic heterocycles. The maximum Gasteiger partial charge on any atom is 0.243 e. The van der Waals surface area contributed by atoms with Crippen molar-refractivity contribution < 1.29 is 14.4 Å². The highest BCUT2D eigenvalue weighted by Gasteiger charge is 2.37. The highest BCUT2D eigenvalue weighted by molar-refractivity contribution is 5.88. The number of rotatable bonds is 6. The zero-order valence-electron chi connectivity index (χ0n) is 21.9. The first-order valence-corrected chi connectivity index (χ1v) is 13.3. The molecule has 4 rings (SSSR count). The molecule has 7 heteroatoms. The van der Waals surface area contributed by atoms with Gasteiger partial charge in [0.2, 0.25) is 11.8 Å². The van der Waals surface area contributed by atoms with Gasteiger partial charge in [0.1, 0.15) is 12.3 Å². The minimum Gasteiger partial charge on any atom is -0.362 e. The van der Waals surface area contributed by atoms with Gasteiger partial charge in [0.25, 0.3) is 0 Å². The maximum atomic E-state index is 13.3. The summed E-state index contributed by atoms with van der Waals surface area (Å²) in [7, 11) is 1.97. The quantitative estimate of drug-likeness (QED) is 0.539. The number of hydrogen-bond acceptors (Lipinski definition) is 5. The van der Waals surface area contributed by atoms with Crippen molar-refractivity contribution in [2.75, 3.05) is 25.0 Å². The molecule has 1 aromatic rings. The van der Waals surface area contributed by atoms with Crippen LogP contribution < -0.4 is 20.9 Å². The van der Waals surface area contributed by atoms with Gasteiger partial charge in [0, 0.05) is 37.7 Å². The van der Waals surface area contributed by atoms with E-state index in [0.29, 0.717) is 13.0 Å². The molecule has 2 aliphatic heterocycles. The fourth-order valence-corrected chi connectivity index (χ4v) is 5.28. The zero-order valence-corrected chi connectivity index (χ0v) is 21.9. The molecule has 35 heavy (non-hydrogen) atoms. The van der Waals surface area contributed by atoms with Crippen molar-refractivity contribution >= 4 is 23.8 Å². The molecule has 1 saturated carbocycles. The molecule has 194 valence electrons. The van der Waals surface area contributed by atoms with Crippen LogP contribution in [0.15, 0.2) is 24.3 Å². The first kappa shape index (κ1) is 27.2. The summed E-state index contributed by atoms with van der Waals surface area (Å²) in [5, 5.41) is 9.21. The van der Waals surface area contributed by atoms with Gasteiger partial charge in [-0.3, -0.25) is 9.59 Å². The predicted octanol–water partition coefficient (Wildman–Crippen LogP) is 3.31. The molecule has 2 heterocycles. The van der Waals surface area contributed by atoms with E-state index in [1.807, 2.05) is 7.05 Å². The van der Waals surface area contributed by atoms with E-state index in [-0.39, 0.29) is 41.3 Å². The summed E-state index contributed by atoms with van der Waals surface area (Å²) >= 11 is 0. The first-order valence-electron chi connectivity index (χ1n) is 13.3. The molecular weight excluding hydrogens is 440 g/mol. The minimum atomic E-state index is -0.346. The third-order valence-electron chi connectivity index (χ3n) is 7.50. The number of anilines is 1. The van der Waals surface area contributed by atoms with Gasteiger partial charge < -0.3 is 25.6 Å². The van der Waals surface area contributed by atoms with Gasteiger partial charge >= 0.3 is 0 Å². The average Bonchev–Trinajstić information content (AvgIpc) is 3.52. The Morgan fingerprint density at radius 3 is 2.26 bits per heavy atom. The number of carbonyl (C=O) groups is 3. The van der Waals surface area contributed by atoms with Crippen LogP contribution in [-0.4, -0.2) is 56.4 Å². The lowest BCUT2D eigenvalue weighted by molar-refractivity contribution is -0.124. The molecule has 0 radical (unpaired) electrons. The van der Waals surface area contributed by atoms with Gasteiger partial charge in [-0.2, -0.15) is 0 Å². The summed E-state index contributed by atoms with van der Waals surface area (Å²) in [4.78, 5) is 37.1. The van der Waals surface area contributed by atoms with E-state index in [1.165, 1.54) is 24.8 Å². The van der Waals surface area contributed by atoms with Crippen molar-refractivity contribution in [1.82, 2.24) is 16.0 Å². The zero-order chi connectivity index (χ0) is 25.4. The normalized spacial score (nSPS) is 23.6. The number of likely N-dealkylation sites (N-methyl/N-ethyl adjacent to an activating group) is 1. The first-order chi connectivity index (χ1) is 16.7. The Hall–Kier alpha value is -2.41. The minimum absolute atomic E-state index is 0.0108. The average molecular weight is 485 g/mol. The van der Waals surface area contributed by atoms with Gasteiger partial charge in [0.15, 0.2) is 0 Å². The maximum absolute atomic E-state index is 13.3. The van der Waals surface area contributed by atoms with Crippen molar-refractivity contribution in [3.63, 3.8) is 0 Å². The smallest absolute Gasteiger partial charge is 0.243 e. The molecule has 3 aliphatic rings. The summed E-state index contributed by atoms with van der Waals surface area (Å²) in [6.45, 7) is 8.17. The van der Waals surface area contributed by atoms with Crippen LogP contribution in [-0.2, 0) is 19.8 Å². The van der Waals surface area contributed by atoms with Crippen LogP contribution >= 0.6 is 0 Å². The molecule has 1 aliphatic carbocycles.